The average Bonchev–Trinajstić information content (AvgIpc) is 2.93. The molecular weight excluding hydrogens is 234 g/mol. The number of hydrogen-bond acceptors (Lipinski definition) is 2. The highest BCUT2D eigenvalue weighted by Crippen LogP contribution is 2.28. The first-order valence-electron chi connectivity index (χ1n) is 7.64. The minimum atomic E-state index is 0.507. The predicted octanol–water partition coefficient (Wildman–Crippen LogP) is 3.85. The van der Waals surface area contributed by atoms with Gasteiger partial charge in [0.05, 0.1) is 0 Å². The molecular formula is C17H27NO. The quantitative estimate of drug-likeness (QED) is 0.840. The minimum absolute atomic E-state index is 0.507. The molecule has 2 heteroatoms. The maximum atomic E-state index is 6.08. The first-order valence-corrected chi connectivity index (χ1v) is 7.64. The summed E-state index contributed by atoms with van der Waals surface area (Å²) in [6, 6.07) is 6.81. The van der Waals surface area contributed by atoms with Crippen LogP contribution in [-0.4, -0.2) is 19.2 Å². The lowest BCUT2D eigenvalue weighted by Crippen LogP contribution is -2.40. The van der Waals surface area contributed by atoms with Crippen molar-refractivity contribution in [3.8, 4) is 5.75 Å². The van der Waals surface area contributed by atoms with Crippen LogP contribution in [0.1, 0.15) is 43.7 Å². The van der Waals surface area contributed by atoms with E-state index in [1.54, 1.807) is 0 Å². The second kappa shape index (κ2) is 6.95. The summed E-state index contributed by atoms with van der Waals surface area (Å²) in [6.45, 7) is 8.28. The standard InChI is InChI=1S/C17H27NO/c1-4-18-16(15-9-5-6-10-15)12-19-17-11-7-8-13(2)14(17)3/h7-8,11,15-16,18H,4-6,9-10,12H2,1-3H3. The van der Waals surface area contributed by atoms with E-state index < -0.39 is 0 Å². The third kappa shape index (κ3) is 3.73. The van der Waals surface area contributed by atoms with E-state index >= 15 is 0 Å². The molecule has 1 aliphatic rings. The second-order valence-electron chi connectivity index (χ2n) is 5.72. The molecule has 0 aliphatic heterocycles. The summed E-state index contributed by atoms with van der Waals surface area (Å²) in [5.74, 6) is 1.84. The molecule has 19 heavy (non-hydrogen) atoms. The number of likely N-dealkylation sites (N-methyl/N-ethyl adjacent to an activating group) is 1. The molecule has 0 saturated heterocycles. The molecule has 0 radical (unpaired) electrons. The van der Waals surface area contributed by atoms with Gasteiger partial charge >= 0.3 is 0 Å². The first kappa shape index (κ1) is 14.4. The van der Waals surface area contributed by atoms with E-state index in [9.17, 15) is 0 Å². The van der Waals surface area contributed by atoms with Crippen molar-refractivity contribution in [1.29, 1.82) is 0 Å². The van der Waals surface area contributed by atoms with Gasteiger partial charge in [0, 0.05) is 6.04 Å². The van der Waals surface area contributed by atoms with Gasteiger partial charge in [0.25, 0.3) is 0 Å². The topological polar surface area (TPSA) is 21.3 Å². The molecule has 106 valence electrons. The Hall–Kier alpha value is -1.02. The molecule has 1 aromatic rings. The Labute approximate surface area is 117 Å². The van der Waals surface area contributed by atoms with Crippen LogP contribution >= 0.6 is 0 Å². The molecule has 1 N–H and O–H groups in total. The Kier molecular flexibility index (Phi) is 5.26. The van der Waals surface area contributed by atoms with Crippen LogP contribution in [0, 0.1) is 19.8 Å². The lowest BCUT2D eigenvalue weighted by atomic mass is 9.99. The van der Waals surface area contributed by atoms with E-state index in [0.717, 1.165) is 24.8 Å². The van der Waals surface area contributed by atoms with Crippen molar-refractivity contribution >= 4 is 0 Å². The molecule has 0 amide bonds. The molecule has 1 fully saturated rings. The minimum Gasteiger partial charge on any atom is -0.492 e. The summed E-state index contributed by atoms with van der Waals surface area (Å²) in [5, 5.41) is 3.60. The first-order chi connectivity index (χ1) is 9.22. The monoisotopic (exact) mass is 261 g/mol. The van der Waals surface area contributed by atoms with Gasteiger partial charge in [0.15, 0.2) is 0 Å². The van der Waals surface area contributed by atoms with Gasteiger partial charge in [-0.1, -0.05) is 31.9 Å². The molecule has 1 aliphatic carbocycles. The summed E-state index contributed by atoms with van der Waals surface area (Å²) in [5.41, 5.74) is 2.57. The van der Waals surface area contributed by atoms with Crippen LogP contribution in [0.3, 0.4) is 0 Å². The van der Waals surface area contributed by atoms with Crippen molar-refractivity contribution in [2.75, 3.05) is 13.2 Å². The van der Waals surface area contributed by atoms with Crippen LogP contribution in [-0.2, 0) is 0 Å². The van der Waals surface area contributed by atoms with Crippen LogP contribution in [0.15, 0.2) is 18.2 Å². The van der Waals surface area contributed by atoms with Crippen molar-refractivity contribution in [3.63, 3.8) is 0 Å². The second-order valence-corrected chi connectivity index (χ2v) is 5.72. The van der Waals surface area contributed by atoms with Gasteiger partial charge in [-0.05, 0) is 56.3 Å². The number of nitrogens with one attached hydrogen (secondary N) is 1. The van der Waals surface area contributed by atoms with E-state index in [-0.39, 0.29) is 0 Å². The summed E-state index contributed by atoms with van der Waals surface area (Å²) in [6.07, 6.45) is 5.48. The fourth-order valence-electron chi connectivity index (χ4n) is 3.04. The number of hydrogen-bond donors (Lipinski definition) is 1. The third-order valence-electron chi connectivity index (χ3n) is 4.41. The van der Waals surface area contributed by atoms with Crippen LogP contribution in [0.4, 0.5) is 0 Å². The Bertz CT molecular complexity index is 396. The SMILES string of the molecule is CCNC(COc1cccc(C)c1C)C1CCCC1. The number of rotatable bonds is 6. The van der Waals surface area contributed by atoms with Crippen molar-refractivity contribution in [2.24, 2.45) is 5.92 Å². The summed E-state index contributed by atoms with van der Waals surface area (Å²) >= 11 is 0. The highest BCUT2D eigenvalue weighted by atomic mass is 16.5. The molecule has 0 aromatic heterocycles. The smallest absolute Gasteiger partial charge is 0.122 e. The van der Waals surface area contributed by atoms with E-state index in [4.69, 9.17) is 4.74 Å². The lowest BCUT2D eigenvalue weighted by Gasteiger charge is -2.25. The van der Waals surface area contributed by atoms with Gasteiger partial charge < -0.3 is 10.1 Å². The molecule has 2 rings (SSSR count). The maximum absolute atomic E-state index is 6.08. The zero-order valence-corrected chi connectivity index (χ0v) is 12.5. The summed E-state index contributed by atoms with van der Waals surface area (Å²) in [4.78, 5) is 0. The highest BCUT2D eigenvalue weighted by molar-refractivity contribution is 5.38. The van der Waals surface area contributed by atoms with Crippen LogP contribution in [0.5, 0.6) is 5.75 Å². The number of benzene rings is 1. The third-order valence-corrected chi connectivity index (χ3v) is 4.41. The summed E-state index contributed by atoms with van der Waals surface area (Å²) in [7, 11) is 0. The number of aryl methyl sites for hydroxylation is 1. The molecule has 1 unspecified atom stereocenters. The largest absolute Gasteiger partial charge is 0.492 e. The van der Waals surface area contributed by atoms with Crippen molar-refractivity contribution in [1.82, 2.24) is 5.32 Å². The molecule has 1 saturated carbocycles. The van der Waals surface area contributed by atoms with Gasteiger partial charge in [-0.2, -0.15) is 0 Å². The van der Waals surface area contributed by atoms with Crippen molar-refractivity contribution < 1.29 is 4.74 Å². The van der Waals surface area contributed by atoms with E-state index in [2.05, 4.69) is 44.3 Å². The van der Waals surface area contributed by atoms with Crippen molar-refractivity contribution in [3.05, 3.63) is 29.3 Å². The maximum Gasteiger partial charge on any atom is 0.122 e. The van der Waals surface area contributed by atoms with Crippen LogP contribution in [0.2, 0.25) is 0 Å². The molecule has 0 heterocycles. The lowest BCUT2D eigenvalue weighted by molar-refractivity contribution is 0.218. The molecule has 2 nitrogen and oxygen atoms in total. The fraction of sp³-hybridized carbons (Fsp3) is 0.647. The van der Waals surface area contributed by atoms with Gasteiger partial charge in [-0.25, -0.2) is 0 Å². The van der Waals surface area contributed by atoms with Gasteiger partial charge in [-0.3, -0.25) is 0 Å². The van der Waals surface area contributed by atoms with E-state index in [1.807, 2.05) is 0 Å². The highest BCUT2D eigenvalue weighted by Gasteiger charge is 2.24. The van der Waals surface area contributed by atoms with E-state index in [0.29, 0.717) is 6.04 Å². The zero-order chi connectivity index (χ0) is 13.7. The Morgan fingerprint density at radius 3 is 2.68 bits per heavy atom. The molecule has 1 aromatic carbocycles. The molecule has 0 spiro atoms. The van der Waals surface area contributed by atoms with Crippen LogP contribution < -0.4 is 10.1 Å². The van der Waals surface area contributed by atoms with Gasteiger partial charge in [-0.15, -0.1) is 0 Å². The molecule has 0 bridgehead atoms. The summed E-state index contributed by atoms with van der Waals surface area (Å²) < 4.78 is 6.08. The molecule has 1 atom stereocenters. The van der Waals surface area contributed by atoms with Crippen LogP contribution in [0.25, 0.3) is 0 Å². The Morgan fingerprint density at radius 1 is 1.26 bits per heavy atom. The normalized spacial score (nSPS) is 17.6. The van der Waals surface area contributed by atoms with Gasteiger partial charge in [0.1, 0.15) is 12.4 Å². The number of ether oxygens (including phenoxy) is 1. The fourth-order valence-corrected chi connectivity index (χ4v) is 3.04. The van der Waals surface area contributed by atoms with E-state index in [1.165, 1.54) is 36.8 Å². The zero-order valence-electron chi connectivity index (χ0n) is 12.5. The predicted molar refractivity (Wildman–Crippen MR) is 80.8 cm³/mol. The van der Waals surface area contributed by atoms with Crippen molar-refractivity contribution in [2.45, 2.75) is 52.5 Å². The Balaban J connectivity index is 1.96. The van der Waals surface area contributed by atoms with Gasteiger partial charge in [0.2, 0.25) is 0 Å². The average molecular weight is 261 g/mol. The Morgan fingerprint density at radius 2 is 2.00 bits per heavy atom.